The summed E-state index contributed by atoms with van der Waals surface area (Å²) in [6.45, 7) is 1.03. The van der Waals surface area contributed by atoms with Crippen LogP contribution < -0.4 is 0 Å². The molecule has 0 aliphatic heterocycles. The first-order valence-corrected chi connectivity index (χ1v) is 8.27. The third-order valence-electron chi connectivity index (χ3n) is 3.76. The number of aromatic nitrogens is 8. The highest BCUT2D eigenvalue weighted by Crippen LogP contribution is 2.20. The lowest BCUT2D eigenvalue weighted by molar-refractivity contribution is 0.590. The minimum Gasteiger partial charge on any atom is -0.272 e. The van der Waals surface area contributed by atoms with Crippen molar-refractivity contribution in [2.75, 3.05) is 0 Å². The molecule has 0 saturated heterocycles. The Balaban J connectivity index is 1.66. The minimum atomic E-state index is -0.475. The molecule has 0 aliphatic rings. The average molecular weight is 373 g/mol. The highest BCUT2D eigenvalue weighted by molar-refractivity contribution is 6.30. The van der Waals surface area contributed by atoms with E-state index >= 15 is 0 Å². The second kappa shape index (κ2) is 7.04. The van der Waals surface area contributed by atoms with E-state index < -0.39 is 5.82 Å². The maximum atomic E-state index is 13.5. The fraction of sp³-hybridized carbons (Fsp3) is 0.188. The maximum absolute atomic E-state index is 13.5. The minimum absolute atomic E-state index is 0.0360. The first-order chi connectivity index (χ1) is 12.7. The second-order valence-electron chi connectivity index (χ2n) is 5.57. The van der Waals surface area contributed by atoms with E-state index in [1.54, 1.807) is 28.0 Å². The zero-order valence-corrected chi connectivity index (χ0v) is 14.3. The summed E-state index contributed by atoms with van der Waals surface area (Å²) in [5.41, 5.74) is 0.643. The molecule has 4 rings (SSSR count). The molecule has 3 aromatic heterocycles. The molecule has 0 bridgehead atoms. The number of hydrogen-bond donors (Lipinski definition) is 0. The van der Waals surface area contributed by atoms with Crippen molar-refractivity contribution >= 4 is 11.6 Å². The fourth-order valence-electron chi connectivity index (χ4n) is 2.55. The number of benzene rings is 1. The van der Waals surface area contributed by atoms with Gasteiger partial charge in [-0.3, -0.25) is 4.68 Å². The molecule has 0 amide bonds. The Kier molecular flexibility index (Phi) is 4.44. The first-order valence-electron chi connectivity index (χ1n) is 7.89. The van der Waals surface area contributed by atoms with Gasteiger partial charge >= 0.3 is 0 Å². The van der Waals surface area contributed by atoms with Crippen LogP contribution in [0.2, 0.25) is 5.02 Å². The molecule has 4 aromatic rings. The van der Waals surface area contributed by atoms with Crippen molar-refractivity contribution in [3.63, 3.8) is 0 Å². The third-order valence-corrected chi connectivity index (χ3v) is 4.05. The summed E-state index contributed by atoms with van der Waals surface area (Å²) in [4.78, 5) is 8.51. The van der Waals surface area contributed by atoms with Gasteiger partial charge in [0.05, 0.1) is 10.7 Å². The van der Waals surface area contributed by atoms with E-state index in [1.807, 2.05) is 16.9 Å². The van der Waals surface area contributed by atoms with Gasteiger partial charge in [-0.1, -0.05) is 11.6 Å². The number of hydrogen-bond acceptors (Lipinski definition) is 5. The lowest BCUT2D eigenvalue weighted by Gasteiger charge is -2.07. The van der Waals surface area contributed by atoms with Gasteiger partial charge in [0.2, 0.25) is 0 Å². The van der Waals surface area contributed by atoms with Crippen LogP contribution in [0, 0.1) is 5.82 Å². The van der Waals surface area contributed by atoms with Crippen LogP contribution in [0.15, 0.2) is 49.3 Å². The predicted molar refractivity (Wildman–Crippen MR) is 91.4 cm³/mol. The molecule has 0 unspecified atom stereocenters. The van der Waals surface area contributed by atoms with Gasteiger partial charge in [-0.15, -0.1) is 5.10 Å². The number of aryl methyl sites for hydroxylation is 2. The summed E-state index contributed by atoms with van der Waals surface area (Å²) in [5.74, 6) is 0.821. The van der Waals surface area contributed by atoms with Gasteiger partial charge in [0.15, 0.2) is 5.82 Å². The van der Waals surface area contributed by atoms with E-state index in [1.165, 1.54) is 18.5 Å². The molecule has 8 nitrogen and oxygen atoms in total. The van der Waals surface area contributed by atoms with Gasteiger partial charge < -0.3 is 0 Å². The average Bonchev–Trinajstić information content (AvgIpc) is 3.38. The van der Waals surface area contributed by atoms with Crippen LogP contribution in [-0.2, 0) is 19.5 Å². The van der Waals surface area contributed by atoms with E-state index in [0.717, 1.165) is 5.82 Å². The monoisotopic (exact) mass is 372 g/mol. The topological polar surface area (TPSA) is 79.2 Å². The number of rotatable bonds is 6. The molecule has 0 saturated carbocycles. The maximum Gasteiger partial charge on any atom is 0.172 e. The lowest BCUT2D eigenvalue weighted by Crippen LogP contribution is -2.08. The predicted octanol–water partition coefficient (Wildman–Crippen LogP) is 2.14. The van der Waals surface area contributed by atoms with Crippen molar-refractivity contribution < 1.29 is 4.39 Å². The van der Waals surface area contributed by atoms with Crippen molar-refractivity contribution in [1.29, 1.82) is 0 Å². The molecule has 0 spiro atoms. The van der Waals surface area contributed by atoms with Gasteiger partial charge in [-0.2, -0.15) is 10.2 Å². The van der Waals surface area contributed by atoms with Crippen molar-refractivity contribution in [2.24, 2.45) is 0 Å². The van der Waals surface area contributed by atoms with Crippen LogP contribution in [0.3, 0.4) is 0 Å². The zero-order valence-electron chi connectivity index (χ0n) is 13.6. The molecular weight excluding hydrogens is 359 g/mol. The summed E-state index contributed by atoms with van der Waals surface area (Å²) in [5, 5.41) is 12.8. The number of nitrogens with zero attached hydrogens (tertiary/aromatic N) is 8. The van der Waals surface area contributed by atoms with Gasteiger partial charge in [-0.05, 0) is 24.3 Å². The van der Waals surface area contributed by atoms with Gasteiger partial charge in [0.1, 0.15) is 30.8 Å². The normalized spacial score (nSPS) is 11.2. The van der Waals surface area contributed by atoms with Crippen LogP contribution in [-0.4, -0.2) is 39.3 Å². The molecule has 3 heterocycles. The lowest BCUT2D eigenvalue weighted by atomic mass is 10.3. The summed E-state index contributed by atoms with van der Waals surface area (Å²) in [6, 6.07) is 6.32. The number of halogens is 2. The molecular formula is C16H14ClFN8. The van der Waals surface area contributed by atoms with Gasteiger partial charge in [0.25, 0.3) is 0 Å². The molecule has 0 radical (unpaired) electrons. The van der Waals surface area contributed by atoms with Crippen molar-refractivity contribution in [3.05, 3.63) is 71.8 Å². The van der Waals surface area contributed by atoms with E-state index in [0.29, 0.717) is 31.0 Å². The Morgan fingerprint density at radius 2 is 2.08 bits per heavy atom. The quantitative estimate of drug-likeness (QED) is 0.518. The first kappa shape index (κ1) is 16.4. The second-order valence-corrected chi connectivity index (χ2v) is 5.97. The molecule has 0 aliphatic carbocycles. The molecule has 10 heteroatoms. The summed E-state index contributed by atoms with van der Waals surface area (Å²) < 4.78 is 18.6. The van der Waals surface area contributed by atoms with E-state index in [4.69, 9.17) is 11.6 Å². The SMILES string of the molecule is Fc1ccc(-n2nc(Cn3cncn3)nc2CCn2cccn2)cc1Cl. The largest absolute Gasteiger partial charge is 0.272 e. The Hall–Kier alpha value is -3.07. The van der Waals surface area contributed by atoms with E-state index in [2.05, 4.69) is 25.3 Å². The fourth-order valence-corrected chi connectivity index (χ4v) is 2.73. The van der Waals surface area contributed by atoms with Crippen LogP contribution in [0.25, 0.3) is 5.69 Å². The Bertz CT molecular complexity index is 994. The Morgan fingerprint density at radius 3 is 2.81 bits per heavy atom. The van der Waals surface area contributed by atoms with Crippen LogP contribution in [0.1, 0.15) is 11.6 Å². The van der Waals surface area contributed by atoms with Crippen molar-refractivity contribution in [3.8, 4) is 5.69 Å². The zero-order chi connectivity index (χ0) is 17.9. The highest BCUT2D eigenvalue weighted by Gasteiger charge is 2.14. The summed E-state index contributed by atoms with van der Waals surface area (Å²) >= 11 is 5.92. The summed E-state index contributed by atoms with van der Waals surface area (Å²) in [6.07, 6.45) is 7.25. The van der Waals surface area contributed by atoms with Crippen LogP contribution >= 0.6 is 11.6 Å². The molecule has 26 heavy (non-hydrogen) atoms. The van der Waals surface area contributed by atoms with Crippen LogP contribution in [0.4, 0.5) is 4.39 Å². The summed E-state index contributed by atoms with van der Waals surface area (Å²) in [7, 11) is 0. The Labute approximate surface area is 152 Å². The molecule has 0 atom stereocenters. The van der Waals surface area contributed by atoms with Crippen molar-refractivity contribution in [2.45, 2.75) is 19.5 Å². The third kappa shape index (κ3) is 3.47. The van der Waals surface area contributed by atoms with Gasteiger partial charge in [0, 0.05) is 25.4 Å². The van der Waals surface area contributed by atoms with Crippen LogP contribution in [0.5, 0.6) is 0 Å². The van der Waals surface area contributed by atoms with Gasteiger partial charge in [-0.25, -0.2) is 23.7 Å². The molecule has 0 fully saturated rings. The highest BCUT2D eigenvalue weighted by atomic mass is 35.5. The standard InChI is InChI=1S/C16H14ClFN8/c17-13-8-12(2-3-14(13)18)26-16(4-7-24-6-1-5-20-24)22-15(23-26)9-25-11-19-10-21-25/h1-3,5-6,8,10-11H,4,7,9H2. The molecule has 0 N–H and O–H groups in total. The van der Waals surface area contributed by atoms with E-state index in [-0.39, 0.29) is 5.02 Å². The molecule has 1 aromatic carbocycles. The van der Waals surface area contributed by atoms with E-state index in [9.17, 15) is 4.39 Å². The Morgan fingerprint density at radius 1 is 1.15 bits per heavy atom. The molecule has 132 valence electrons. The smallest absolute Gasteiger partial charge is 0.172 e. The van der Waals surface area contributed by atoms with Crippen molar-refractivity contribution in [1.82, 2.24) is 39.3 Å².